The summed E-state index contributed by atoms with van der Waals surface area (Å²) in [6, 6.07) is 7.78. The molecule has 2 unspecified atom stereocenters. The molecule has 0 saturated carbocycles. The average molecular weight is 449 g/mol. The van der Waals surface area contributed by atoms with E-state index >= 15 is 0 Å². The fourth-order valence-electron chi connectivity index (χ4n) is 3.00. The lowest BCUT2D eigenvalue weighted by Gasteiger charge is -2.22. The van der Waals surface area contributed by atoms with Crippen LogP contribution < -0.4 is 5.32 Å². The summed E-state index contributed by atoms with van der Waals surface area (Å²) >= 11 is 3.26. The molecule has 28 heavy (non-hydrogen) atoms. The largest absolute Gasteiger partial charge is 0.456 e. The Kier molecular flexibility index (Phi) is 5.31. The number of aliphatic hydroxyl groups excluding tert-OH is 1. The van der Waals surface area contributed by atoms with Crippen LogP contribution in [0.4, 0.5) is 5.69 Å². The van der Waals surface area contributed by atoms with E-state index in [1.807, 2.05) is 0 Å². The van der Waals surface area contributed by atoms with Gasteiger partial charge in [0.15, 0.2) is 5.60 Å². The first-order valence-electron chi connectivity index (χ1n) is 8.71. The molecule has 7 nitrogen and oxygen atoms in total. The Balaban J connectivity index is 1.76. The molecule has 0 aliphatic heterocycles. The fraction of sp³-hybridized carbons (Fsp3) is 0.350. The number of esters is 1. The van der Waals surface area contributed by atoms with Crippen molar-refractivity contribution in [3.8, 4) is 0 Å². The number of rotatable bonds is 3. The summed E-state index contributed by atoms with van der Waals surface area (Å²) in [5, 5.41) is 23.7. The fourth-order valence-corrected chi connectivity index (χ4v) is 3.35. The highest BCUT2D eigenvalue weighted by Crippen LogP contribution is 2.43. The predicted molar refractivity (Wildman–Crippen MR) is 106 cm³/mol. The molecule has 1 aromatic carbocycles. The van der Waals surface area contributed by atoms with E-state index in [9.17, 15) is 19.8 Å². The molecule has 1 aliphatic rings. The van der Waals surface area contributed by atoms with Crippen LogP contribution in [0.5, 0.6) is 0 Å². The molecular weight excluding hydrogens is 428 g/mol. The molecule has 0 fully saturated rings. The summed E-state index contributed by atoms with van der Waals surface area (Å²) in [5.74, 6) is -1.17. The Morgan fingerprint density at radius 3 is 2.54 bits per heavy atom. The van der Waals surface area contributed by atoms with Gasteiger partial charge in [0.2, 0.25) is 0 Å². The molecule has 1 aromatic heterocycles. The molecule has 0 radical (unpaired) electrons. The van der Waals surface area contributed by atoms with Crippen molar-refractivity contribution in [1.82, 2.24) is 4.98 Å². The zero-order chi connectivity index (χ0) is 20.7. The molecule has 0 spiro atoms. The number of ether oxygens (including phenoxy) is 1. The third-order valence-electron chi connectivity index (χ3n) is 4.28. The minimum atomic E-state index is -1.95. The van der Waals surface area contributed by atoms with E-state index in [1.54, 1.807) is 39.0 Å². The van der Waals surface area contributed by atoms with Crippen LogP contribution >= 0.6 is 15.9 Å². The molecule has 2 aromatic rings. The molecular formula is C20H21BrN2O5. The van der Waals surface area contributed by atoms with Crippen molar-refractivity contribution in [2.45, 2.75) is 44.5 Å². The van der Waals surface area contributed by atoms with E-state index in [0.29, 0.717) is 21.3 Å². The summed E-state index contributed by atoms with van der Waals surface area (Å²) in [4.78, 5) is 28.9. The second kappa shape index (κ2) is 7.27. The Morgan fingerprint density at radius 1 is 1.29 bits per heavy atom. The minimum absolute atomic E-state index is 0.131. The van der Waals surface area contributed by atoms with Crippen LogP contribution in [0.1, 0.15) is 54.9 Å². The number of halogens is 1. The highest BCUT2D eigenvalue weighted by atomic mass is 79.9. The first-order chi connectivity index (χ1) is 13.0. The zero-order valence-corrected chi connectivity index (χ0v) is 17.3. The topological polar surface area (TPSA) is 109 Å². The highest BCUT2D eigenvalue weighted by Gasteiger charge is 2.49. The van der Waals surface area contributed by atoms with Gasteiger partial charge in [-0.15, -0.1) is 0 Å². The highest BCUT2D eigenvalue weighted by molar-refractivity contribution is 9.10. The SMILES string of the molecule is CC(C)(C)OC(=O)c1ccc(NC(=O)C2(O)CC(O)c3cc(Br)cnc32)cc1. The van der Waals surface area contributed by atoms with Crippen molar-refractivity contribution in [3.63, 3.8) is 0 Å². The van der Waals surface area contributed by atoms with E-state index in [1.165, 1.54) is 18.3 Å². The lowest BCUT2D eigenvalue weighted by atomic mass is 9.99. The van der Waals surface area contributed by atoms with Gasteiger partial charge in [-0.1, -0.05) is 0 Å². The number of aromatic nitrogens is 1. The van der Waals surface area contributed by atoms with Gasteiger partial charge >= 0.3 is 5.97 Å². The number of benzene rings is 1. The number of aliphatic hydroxyl groups is 2. The number of amides is 1. The van der Waals surface area contributed by atoms with Crippen molar-refractivity contribution < 1.29 is 24.5 Å². The van der Waals surface area contributed by atoms with E-state index in [0.717, 1.165) is 0 Å². The zero-order valence-electron chi connectivity index (χ0n) is 15.7. The van der Waals surface area contributed by atoms with Gasteiger partial charge in [-0.3, -0.25) is 9.78 Å². The average Bonchev–Trinajstić information content (AvgIpc) is 2.85. The van der Waals surface area contributed by atoms with Crippen LogP contribution in [0.15, 0.2) is 41.0 Å². The summed E-state index contributed by atoms with van der Waals surface area (Å²) in [7, 11) is 0. The Bertz CT molecular complexity index is 923. The van der Waals surface area contributed by atoms with Crippen molar-refractivity contribution in [3.05, 3.63) is 57.8 Å². The van der Waals surface area contributed by atoms with Crippen LogP contribution in [0.3, 0.4) is 0 Å². The number of nitrogens with zero attached hydrogens (tertiary/aromatic N) is 1. The number of nitrogens with one attached hydrogen (secondary N) is 1. The van der Waals surface area contributed by atoms with E-state index < -0.39 is 29.2 Å². The van der Waals surface area contributed by atoms with E-state index in [4.69, 9.17) is 4.74 Å². The molecule has 3 N–H and O–H groups in total. The number of fused-ring (bicyclic) bond motifs is 1. The normalized spacial score (nSPS) is 21.1. The Morgan fingerprint density at radius 2 is 1.93 bits per heavy atom. The summed E-state index contributed by atoms with van der Waals surface area (Å²) < 4.78 is 5.94. The van der Waals surface area contributed by atoms with Crippen molar-refractivity contribution in [2.24, 2.45) is 0 Å². The van der Waals surface area contributed by atoms with Gasteiger partial charge in [0, 0.05) is 28.3 Å². The van der Waals surface area contributed by atoms with Crippen LogP contribution in [0.25, 0.3) is 0 Å². The first-order valence-corrected chi connectivity index (χ1v) is 9.50. The maximum atomic E-state index is 12.7. The van der Waals surface area contributed by atoms with Crippen LogP contribution in [0.2, 0.25) is 0 Å². The smallest absolute Gasteiger partial charge is 0.338 e. The standard InChI is InChI=1S/C20H21BrN2O5/c1-19(2,3)28-17(25)11-4-6-13(7-5-11)23-18(26)20(27)9-15(24)14-8-12(21)10-22-16(14)20/h4-8,10,15,24,27H,9H2,1-3H3,(H,23,26). The van der Waals surface area contributed by atoms with E-state index in [-0.39, 0.29) is 12.1 Å². The van der Waals surface area contributed by atoms with Gasteiger partial charge in [-0.2, -0.15) is 0 Å². The van der Waals surface area contributed by atoms with Gasteiger partial charge < -0.3 is 20.3 Å². The lowest BCUT2D eigenvalue weighted by molar-refractivity contribution is -0.137. The minimum Gasteiger partial charge on any atom is -0.456 e. The lowest BCUT2D eigenvalue weighted by Crippen LogP contribution is -2.39. The third kappa shape index (κ3) is 4.09. The number of carbonyl (C=O) groups excluding carboxylic acids is 2. The van der Waals surface area contributed by atoms with Gasteiger partial charge in [-0.25, -0.2) is 4.79 Å². The summed E-state index contributed by atoms with van der Waals surface area (Å²) in [6.45, 7) is 5.34. The maximum absolute atomic E-state index is 12.7. The van der Waals surface area contributed by atoms with Crippen LogP contribution in [0, 0.1) is 0 Å². The predicted octanol–water partition coefficient (Wildman–Crippen LogP) is 3.06. The van der Waals surface area contributed by atoms with E-state index in [2.05, 4.69) is 26.2 Å². The van der Waals surface area contributed by atoms with Gasteiger partial charge in [0.1, 0.15) is 5.60 Å². The molecule has 148 valence electrons. The second-order valence-corrected chi connectivity index (χ2v) is 8.62. The number of hydrogen-bond acceptors (Lipinski definition) is 6. The van der Waals surface area contributed by atoms with Gasteiger partial charge in [0.25, 0.3) is 5.91 Å². The number of hydrogen-bond donors (Lipinski definition) is 3. The molecule has 1 aliphatic carbocycles. The maximum Gasteiger partial charge on any atom is 0.338 e. The van der Waals surface area contributed by atoms with Crippen molar-refractivity contribution >= 4 is 33.5 Å². The monoisotopic (exact) mass is 448 g/mol. The number of pyridine rings is 1. The molecule has 8 heteroatoms. The molecule has 2 atom stereocenters. The molecule has 1 heterocycles. The Labute approximate surface area is 170 Å². The number of carbonyl (C=O) groups is 2. The van der Waals surface area contributed by atoms with Crippen LogP contribution in [-0.2, 0) is 15.1 Å². The second-order valence-electron chi connectivity index (χ2n) is 7.70. The van der Waals surface area contributed by atoms with Gasteiger partial charge in [0.05, 0.1) is 17.4 Å². The van der Waals surface area contributed by atoms with Crippen LogP contribution in [-0.4, -0.2) is 32.7 Å². The molecule has 3 rings (SSSR count). The van der Waals surface area contributed by atoms with Gasteiger partial charge in [-0.05, 0) is 67.0 Å². The molecule has 0 bridgehead atoms. The Hall–Kier alpha value is -2.29. The first kappa shape index (κ1) is 20.4. The van der Waals surface area contributed by atoms with Crippen molar-refractivity contribution in [1.29, 1.82) is 0 Å². The summed E-state index contributed by atoms with van der Waals surface area (Å²) in [6.07, 6.45) is 0.281. The quantitative estimate of drug-likeness (QED) is 0.622. The third-order valence-corrected chi connectivity index (χ3v) is 4.71. The van der Waals surface area contributed by atoms with Crippen molar-refractivity contribution in [2.75, 3.05) is 5.32 Å². The molecule has 1 amide bonds. The summed E-state index contributed by atoms with van der Waals surface area (Å²) in [5.41, 5.74) is -1.27. The number of anilines is 1. The molecule has 0 saturated heterocycles.